The van der Waals surface area contributed by atoms with Crippen molar-refractivity contribution >= 4 is 16.7 Å². The number of ether oxygens (including phenoxy) is 1. The molecular formula is C25H29N7O. The molecule has 2 aromatic heterocycles. The maximum atomic E-state index is 9.78. The van der Waals surface area contributed by atoms with Crippen LogP contribution in [0.3, 0.4) is 0 Å². The average molecular weight is 444 g/mol. The third-order valence-corrected chi connectivity index (χ3v) is 7.54. The number of nitrogens with zero attached hydrogens (tertiary/aromatic N) is 6. The Kier molecular flexibility index (Phi) is 5.24. The number of benzene rings is 1. The van der Waals surface area contributed by atoms with Crippen LogP contribution in [0.1, 0.15) is 24.8 Å². The quantitative estimate of drug-likeness (QED) is 0.648. The second-order valence-corrected chi connectivity index (χ2v) is 9.96. The van der Waals surface area contributed by atoms with Gasteiger partial charge in [0.2, 0.25) is 0 Å². The van der Waals surface area contributed by atoms with Gasteiger partial charge in [-0.25, -0.2) is 0 Å². The first-order valence-corrected chi connectivity index (χ1v) is 11.9. The van der Waals surface area contributed by atoms with E-state index in [2.05, 4.69) is 31.6 Å². The third kappa shape index (κ3) is 4.07. The number of aromatic nitrogens is 4. The molecule has 1 aliphatic carbocycles. The van der Waals surface area contributed by atoms with E-state index >= 15 is 0 Å². The summed E-state index contributed by atoms with van der Waals surface area (Å²) in [6, 6.07) is 10.5. The van der Waals surface area contributed by atoms with E-state index in [0.717, 1.165) is 54.4 Å². The van der Waals surface area contributed by atoms with E-state index in [1.165, 1.54) is 26.1 Å². The van der Waals surface area contributed by atoms with Crippen molar-refractivity contribution in [1.82, 2.24) is 24.9 Å². The van der Waals surface area contributed by atoms with Crippen LogP contribution in [-0.4, -0.2) is 63.8 Å². The van der Waals surface area contributed by atoms with Gasteiger partial charge in [-0.15, -0.1) is 10.2 Å². The lowest BCUT2D eigenvalue weighted by atomic mass is 10.0. The van der Waals surface area contributed by atoms with Gasteiger partial charge in [-0.3, -0.25) is 4.68 Å². The van der Waals surface area contributed by atoms with Crippen LogP contribution in [-0.2, 0) is 11.8 Å². The Morgan fingerprint density at radius 2 is 2.03 bits per heavy atom. The molecule has 1 saturated carbocycles. The van der Waals surface area contributed by atoms with Crippen molar-refractivity contribution in [1.29, 1.82) is 5.26 Å². The minimum Gasteiger partial charge on any atom is -0.381 e. The van der Waals surface area contributed by atoms with Crippen LogP contribution < -0.4 is 5.32 Å². The third-order valence-electron chi connectivity index (χ3n) is 7.54. The maximum Gasteiger partial charge on any atom is 0.166 e. The summed E-state index contributed by atoms with van der Waals surface area (Å²) in [6.07, 6.45) is 5.45. The first-order chi connectivity index (χ1) is 16.1. The lowest BCUT2D eigenvalue weighted by Crippen LogP contribution is -2.30. The fourth-order valence-electron chi connectivity index (χ4n) is 5.98. The van der Waals surface area contributed by atoms with E-state index in [4.69, 9.17) is 4.74 Å². The standard InChI is InChI=1S/C25H29N7O/c1-31-12-21-6-17(2-3-23(21)30-31)24-9-18(10-26)25(29-28-24)27-22-7-19-13-32(14-20(19)8-22)11-16-4-5-33-15-16/h2-3,6,9,12,16,19-20,22H,4-5,7-8,11,13-15H2,1H3,(H,27,29)/t16-,19-,20+,22+/m0/s1. The molecule has 0 unspecified atom stereocenters. The summed E-state index contributed by atoms with van der Waals surface area (Å²) in [5, 5.41) is 27.7. The molecule has 0 spiro atoms. The number of nitriles is 1. The van der Waals surface area contributed by atoms with E-state index in [1.807, 2.05) is 37.5 Å². The molecule has 8 nitrogen and oxygen atoms in total. The van der Waals surface area contributed by atoms with E-state index in [9.17, 15) is 5.26 Å². The van der Waals surface area contributed by atoms with E-state index < -0.39 is 0 Å². The Labute approximate surface area is 193 Å². The maximum absolute atomic E-state index is 9.78. The number of hydrogen-bond donors (Lipinski definition) is 1. The Hall–Kier alpha value is -3.02. The number of hydrogen-bond acceptors (Lipinski definition) is 7. The molecule has 1 aromatic carbocycles. The molecule has 4 atom stereocenters. The number of nitrogens with one attached hydrogen (secondary N) is 1. The number of rotatable bonds is 5. The van der Waals surface area contributed by atoms with Crippen LogP contribution in [0.5, 0.6) is 0 Å². The minimum atomic E-state index is 0.357. The first kappa shape index (κ1) is 20.6. The summed E-state index contributed by atoms with van der Waals surface area (Å²) in [5.74, 6) is 2.78. The van der Waals surface area contributed by atoms with Gasteiger partial charge in [-0.2, -0.15) is 10.4 Å². The van der Waals surface area contributed by atoms with Crippen molar-refractivity contribution < 1.29 is 4.74 Å². The Bertz CT molecular complexity index is 1200. The fourth-order valence-corrected chi connectivity index (χ4v) is 5.98. The summed E-state index contributed by atoms with van der Waals surface area (Å²) < 4.78 is 7.34. The molecule has 2 saturated heterocycles. The van der Waals surface area contributed by atoms with Gasteiger partial charge in [0.25, 0.3) is 0 Å². The van der Waals surface area contributed by atoms with Gasteiger partial charge in [0.05, 0.1) is 23.4 Å². The summed E-state index contributed by atoms with van der Waals surface area (Å²) in [4.78, 5) is 2.64. The second kappa shape index (κ2) is 8.40. The molecular weight excluding hydrogens is 414 g/mol. The molecule has 1 N–H and O–H groups in total. The monoisotopic (exact) mass is 443 g/mol. The van der Waals surface area contributed by atoms with Crippen LogP contribution in [0, 0.1) is 29.1 Å². The fraction of sp³-hybridized carbons (Fsp3) is 0.520. The molecule has 0 amide bonds. The van der Waals surface area contributed by atoms with Gasteiger partial charge in [0.15, 0.2) is 5.82 Å². The van der Waals surface area contributed by atoms with Crippen LogP contribution in [0.4, 0.5) is 5.82 Å². The molecule has 3 aliphatic rings. The smallest absolute Gasteiger partial charge is 0.166 e. The van der Waals surface area contributed by atoms with Crippen LogP contribution >= 0.6 is 0 Å². The van der Waals surface area contributed by atoms with E-state index in [-0.39, 0.29) is 0 Å². The Morgan fingerprint density at radius 3 is 2.79 bits per heavy atom. The van der Waals surface area contributed by atoms with Crippen molar-refractivity contribution in [2.24, 2.45) is 24.8 Å². The zero-order valence-corrected chi connectivity index (χ0v) is 18.9. The largest absolute Gasteiger partial charge is 0.381 e. The predicted molar refractivity (Wildman–Crippen MR) is 125 cm³/mol. The number of fused-ring (bicyclic) bond motifs is 2. The molecule has 0 bridgehead atoms. The van der Waals surface area contributed by atoms with Gasteiger partial charge >= 0.3 is 0 Å². The molecule has 0 radical (unpaired) electrons. The van der Waals surface area contributed by atoms with Crippen molar-refractivity contribution in [3.05, 3.63) is 36.0 Å². The summed E-state index contributed by atoms with van der Waals surface area (Å²) in [5.41, 5.74) is 3.13. The number of aryl methyl sites for hydroxylation is 1. The highest BCUT2D eigenvalue weighted by Crippen LogP contribution is 2.40. The van der Waals surface area contributed by atoms with Crippen LogP contribution in [0.15, 0.2) is 30.5 Å². The molecule has 3 aromatic rings. The molecule has 3 fully saturated rings. The van der Waals surface area contributed by atoms with Crippen molar-refractivity contribution in [2.75, 3.05) is 38.2 Å². The zero-order valence-electron chi connectivity index (χ0n) is 18.9. The van der Waals surface area contributed by atoms with Crippen molar-refractivity contribution in [3.63, 3.8) is 0 Å². The Morgan fingerprint density at radius 1 is 1.18 bits per heavy atom. The second-order valence-electron chi connectivity index (χ2n) is 9.96. The molecule has 4 heterocycles. The van der Waals surface area contributed by atoms with Gasteiger partial charge < -0.3 is 15.0 Å². The van der Waals surface area contributed by atoms with Gasteiger partial charge in [0.1, 0.15) is 6.07 Å². The molecule has 2 aliphatic heterocycles. The topological polar surface area (TPSA) is 91.9 Å². The summed E-state index contributed by atoms with van der Waals surface area (Å²) >= 11 is 0. The zero-order chi connectivity index (χ0) is 22.4. The molecule has 8 heteroatoms. The van der Waals surface area contributed by atoms with Crippen molar-refractivity contribution in [3.8, 4) is 17.3 Å². The van der Waals surface area contributed by atoms with Gasteiger partial charge in [-0.05, 0) is 55.2 Å². The lowest BCUT2D eigenvalue weighted by Gasteiger charge is -2.22. The van der Waals surface area contributed by atoms with E-state index in [1.54, 1.807) is 4.68 Å². The molecule has 33 heavy (non-hydrogen) atoms. The normalized spacial score (nSPS) is 27.2. The number of likely N-dealkylation sites (tertiary alicyclic amines) is 1. The van der Waals surface area contributed by atoms with Crippen molar-refractivity contribution in [2.45, 2.75) is 25.3 Å². The van der Waals surface area contributed by atoms with Crippen LogP contribution in [0.25, 0.3) is 22.2 Å². The van der Waals surface area contributed by atoms with Gasteiger partial charge in [-0.1, -0.05) is 6.07 Å². The summed E-state index contributed by atoms with van der Waals surface area (Å²) in [7, 11) is 1.91. The van der Waals surface area contributed by atoms with Gasteiger partial charge in [0, 0.05) is 56.5 Å². The minimum absolute atomic E-state index is 0.357. The predicted octanol–water partition coefficient (Wildman–Crippen LogP) is 3.06. The highest BCUT2D eigenvalue weighted by molar-refractivity contribution is 5.83. The van der Waals surface area contributed by atoms with Crippen LogP contribution in [0.2, 0.25) is 0 Å². The highest BCUT2D eigenvalue weighted by Gasteiger charge is 2.41. The average Bonchev–Trinajstić information content (AvgIpc) is 3.58. The number of anilines is 1. The molecule has 170 valence electrons. The Balaban J connectivity index is 1.12. The first-order valence-electron chi connectivity index (χ1n) is 11.9. The lowest BCUT2D eigenvalue weighted by molar-refractivity contribution is 0.171. The highest BCUT2D eigenvalue weighted by atomic mass is 16.5. The summed E-state index contributed by atoms with van der Waals surface area (Å²) in [6.45, 7) is 5.41. The SMILES string of the molecule is Cn1cc2cc(-c3cc(C#N)c(N[C@H]4C[C@@H]5CN(C[C@@H]6CCOC6)C[C@@H]5C4)nn3)ccc2n1. The van der Waals surface area contributed by atoms with E-state index in [0.29, 0.717) is 29.0 Å². The molecule has 6 rings (SSSR count).